The molecule has 0 heterocycles. The highest BCUT2D eigenvalue weighted by atomic mass is 32.2. The predicted octanol–water partition coefficient (Wildman–Crippen LogP) is 1.24. The molecular formula is C13H26O6S2. The van der Waals surface area contributed by atoms with Gasteiger partial charge in [-0.05, 0) is 50.7 Å². The fourth-order valence-electron chi connectivity index (χ4n) is 1.01. The number of rotatable bonds is 9. The molecule has 0 rings (SSSR count). The number of hydrogen-bond donors (Lipinski definition) is 3. The fourth-order valence-corrected chi connectivity index (χ4v) is 1.93. The van der Waals surface area contributed by atoms with Crippen LogP contribution in [0.15, 0.2) is 0 Å². The van der Waals surface area contributed by atoms with Gasteiger partial charge in [0.05, 0.1) is 6.10 Å². The number of carbonyl (C=O) groups excluding carboxylic acids is 1. The van der Waals surface area contributed by atoms with Crippen molar-refractivity contribution in [2.24, 2.45) is 0 Å². The smallest absolute Gasteiger partial charge is 0.335 e. The molecule has 0 saturated carbocycles. The van der Waals surface area contributed by atoms with Gasteiger partial charge in [0.15, 0.2) is 12.2 Å². The zero-order chi connectivity index (χ0) is 16.8. The number of esters is 1. The second kappa shape index (κ2) is 14.5. The van der Waals surface area contributed by atoms with Crippen LogP contribution in [-0.4, -0.2) is 69.6 Å². The Hall–Kier alpha value is -0.440. The molecule has 0 bridgehead atoms. The quantitative estimate of drug-likeness (QED) is 0.538. The van der Waals surface area contributed by atoms with Gasteiger partial charge in [0.2, 0.25) is 0 Å². The lowest BCUT2D eigenvalue weighted by atomic mass is 10.3. The Balaban J connectivity index is 0. The molecule has 0 aromatic rings. The van der Waals surface area contributed by atoms with Gasteiger partial charge in [-0.1, -0.05) is 0 Å². The van der Waals surface area contributed by atoms with Crippen LogP contribution < -0.4 is 0 Å². The number of thioether (sulfide) groups is 2. The lowest BCUT2D eigenvalue weighted by molar-refractivity contribution is -0.157. The third-order valence-electron chi connectivity index (χ3n) is 2.10. The van der Waals surface area contributed by atoms with Gasteiger partial charge in [-0.25, -0.2) is 9.59 Å². The number of aliphatic carboxylic acids is 1. The van der Waals surface area contributed by atoms with E-state index in [9.17, 15) is 14.7 Å². The Labute approximate surface area is 134 Å². The molecule has 6 nitrogen and oxygen atoms in total. The first-order valence-corrected chi connectivity index (χ1v) is 9.32. The van der Waals surface area contributed by atoms with Gasteiger partial charge in [-0.3, -0.25) is 0 Å². The molecule has 0 aromatic heterocycles. The van der Waals surface area contributed by atoms with Crippen LogP contribution in [0.2, 0.25) is 0 Å². The SMILES string of the molecule is CSCCC(O)C(=O)O.CSCCC(O)C(=O)OC(C)C. The summed E-state index contributed by atoms with van der Waals surface area (Å²) in [6.45, 7) is 3.53. The van der Waals surface area contributed by atoms with Crippen LogP contribution in [0.1, 0.15) is 26.7 Å². The van der Waals surface area contributed by atoms with Gasteiger partial charge in [0, 0.05) is 0 Å². The van der Waals surface area contributed by atoms with Crippen molar-refractivity contribution in [1.82, 2.24) is 0 Å². The minimum Gasteiger partial charge on any atom is -0.479 e. The van der Waals surface area contributed by atoms with Crippen molar-refractivity contribution in [1.29, 1.82) is 0 Å². The van der Waals surface area contributed by atoms with Crippen molar-refractivity contribution < 1.29 is 29.6 Å². The van der Waals surface area contributed by atoms with Crippen molar-refractivity contribution in [3.63, 3.8) is 0 Å². The van der Waals surface area contributed by atoms with Gasteiger partial charge >= 0.3 is 11.9 Å². The second-order valence-corrected chi connectivity index (χ2v) is 6.39. The first kappa shape index (κ1) is 22.8. The first-order chi connectivity index (χ1) is 9.76. The average molecular weight is 342 g/mol. The summed E-state index contributed by atoms with van der Waals surface area (Å²) in [6.07, 6.45) is 2.30. The molecule has 3 N–H and O–H groups in total. The lowest BCUT2D eigenvalue weighted by Gasteiger charge is -2.11. The maximum absolute atomic E-state index is 11.0. The molecule has 0 radical (unpaired) electrons. The van der Waals surface area contributed by atoms with Crippen LogP contribution in [0.5, 0.6) is 0 Å². The minimum atomic E-state index is -1.18. The monoisotopic (exact) mass is 342 g/mol. The van der Waals surface area contributed by atoms with Gasteiger partial charge in [0.1, 0.15) is 0 Å². The minimum absolute atomic E-state index is 0.151. The molecule has 0 spiro atoms. The van der Waals surface area contributed by atoms with Gasteiger partial charge in [0.25, 0.3) is 0 Å². The molecule has 0 aromatic carbocycles. The van der Waals surface area contributed by atoms with E-state index in [1.165, 1.54) is 11.8 Å². The summed E-state index contributed by atoms with van der Waals surface area (Å²) in [5, 5.41) is 26.0. The summed E-state index contributed by atoms with van der Waals surface area (Å²) < 4.78 is 4.81. The Morgan fingerprint density at radius 3 is 1.76 bits per heavy atom. The Morgan fingerprint density at radius 1 is 1.00 bits per heavy atom. The Morgan fingerprint density at radius 2 is 1.43 bits per heavy atom. The molecule has 126 valence electrons. The van der Waals surface area contributed by atoms with E-state index >= 15 is 0 Å². The molecule has 2 unspecified atom stereocenters. The number of carboxylic acid groups (broad SMARTS) is 1. The molecule has 0 aliphatic carbocycles. The molecule has 0 fully saturated rings. The molecule has 0 aliphatic heterocycles. The highest BCUT2D eigenvalue weighted by molar-refractivity contribution is 7.98. The molecule has 0 amide bonds. The number of aliphatic hydroxyl groups excluding tert-OH is 2. The maximum atomic E-state index is 11.0. The van der Waals surface area contributed by atoms with Crippen LogP contribution in [0.25, 0.3) is 0 Å². The summed E-state index contributed by atoms with van der Waals surface area (Å²) in [4.78, 5) is 20.9. The Kier molecular flexibility index (Phi) is 15.8. The third-order valence-corrected chi connectivity index (χ3v) is 3.39. The van der Waals surface area contributed by atoms with Crippen LogP contribution in [-0.2, 0) is 14.3 Å². The number of hydrogen-bond acceptors (Lipinski definition) is 7. The topological polar surface area (TPSA) is 104 Å². The van der Waals surface area contributed by atoms with E-state index in [-0.39, 0.29) is 6.10 Å². The van der Waals surface area contributed by atoms with Crippen LogP contribution in [0, 0.1) is 0 Å². The number of carbonyl (C=O) groups is 2. The third kappa shape index (κ3) is 15.8. The predicted molar refractivity (Wildman–Crippen MR) is 86.9 cm³/mol. The maximum Gasteiger partial charge on any atom is 0.335 e. The molecule has 0 saturated heterocycles. The highest BCUT2D eigenvalue weighted by Gasteiger charge is 2.16. The summed E-state index contributed by atoms with van der Waals surface area (Å²) in [7, 11) is 0. The van der Waals surface area contributed by atoms with E-state index < -0.39 is 24.1 Å². The zero-order valence-corrected chi connectivity index (χ0v) is 14.6. The zero-order valence-electron chi connectivity index (χ0n) is 12.9. The lowest BCUT2D eigenvalue weighted by Crippen LogP contribution is -2.26. The highest BCUT2D eigenvalue weighted by Crippen LogP contribution is 2.03. The standard InChI is InChI=1S/C8H16O3S.C5H10O3S/c1-6(2)11-8(10)7(9)4-5-12-3;1-9-3-2-4(6)5(7)8/h6-7,9H,4-5H2,1-3H3;4,6H,2-3H2,1H3,(H,7,8). The van der Waals surface area contributed by atoms with Gasteiger partial charge in [-0.15, -0.1) is 0 Å². The summed E-state index contributed by atoms with van der Waals surface area (Å²) in [5.41, 5.74) is 0. The van der Waals surface area contributed by atoms with Gasteiger partial charge in [-0.2, -0.15) is 23.5 Å². The molecule has 0 aliphatic rings. The molecule has 21 heavy (non-hydrogen) atoms. The molecular weight excluding hydrogens is 316 g/mol. The van der Waals surface area contributed by atoms with Crippen molar-refractivity contribution in [2.75, 3.05) is 24.0 Å². The number of carboxylic acids is 1. The largest absolute Gasteiger partial charge is 0.479 e. The number of ether oxygens (including phenoxy) is 1. The second-order valence-electron chi connectivity index (χ2n) is 4.42. The van der Waals surface area contributed by atoms with Crippen LogP contribution >= 0.6 is 23.5 Å². The fraction of sp³-hybridized carbons (Fsp3) is 0.846. The van der Waals surface area contributed by atoms with E-state index in [0.29, 0.717) is 18.6 Å². The Bertz CT molecular complexity index is 286. The van der Waals surface area contributed by atoms with E-state index in [4.69, 9.17) is 14.9 Å². The molecule has 2 atom stereocenters. The van der Waals surface area contributed by atoms with Crippen molar-refractivity contribution in [2.45, 2.75) is 45.0 Å². The summed E-state index contributed by atoms with van der Waals surface area (Å²) in [5.74, 6) is -0.190. The van der Waals surface area contributed by atoms with Crippen LogP contribution in [0.3, 0.4) is 0 Å². The van der Waals surface area contributed by atoms with Crippen LogP contribution in [0.4, 0.5) is 0 Å². The van der Waals surface area contributed by atoms with E-state index in [0.717, 1.165) is 5.75 Å². The van der Waals surface area contributed by atoms with E-state index in [2.05, 4.69) is 0 Å². The normalized spacial score (nSPS) is 13.1. The molecule has 8 heteroatoms. The summed E-state index contributed by atoms with van der Waals surface area (Å²) in [6, 6.07) is 0. The average Bonchev–Trinajstić information content (AvgIpc) is 2.41. The van der Waals surface area contributed by atoms with E-state index in [1.807, 2.05) is 12.5 Å². The van der Waals surface area contributed by atoms with Gasteiger partial charge < -0.3 is 20.1 Å². The van der Waals surface area contributed by atoms with Crippen molar-refractivity contribution in [3.05, 3.63) is 0 Å². The first-order valence-electron chi connectivity index (χ1n) is 6.53. The van der Waals surface area contributed by atoms with Crippen molar-refractivity contribution in [3.8, 4) is 0 Å². The summed E-state index contributed by atoms with van der Waals surface area (Å²) >= 11 is 3.12. The number of aliphatic hydroxyl groups is 2. The van der Waals surface area contributed by atoms with E-state index in [1.54, 1.807) is 25.6 Å². The van der Waals surface area contributed by atoms with Crippen molar-refractivity contribution >= 4 is 35.5 Å².